The second-order valence-electron chi connectivity index (χ2n) is 5.69. The molecule has 0 saturated carbocycles. The summed E-state index contributed by atoms with van der Waals surface area (Å²) in [6, 6.07) is 9.31. The molecule has 2 N–H and O–H groups in total. The molecule has 2 atom stereocenters. The van der Waals surface area contributed by atoms with E-state index in [-0.39, 0.29) is 6.04 Å². The van der Waals surface area contributed by atoms with Crippen molar-refractivity contribution in [2.45, 2.75) is 51.9 Å². The zero-order chi connectivity index (χ0) is 14.5. The lowest BCUT2D eigenvalue weighted by Crippen LogP contribution is -2.36. The maximum atomic E-state index is 11.8. The molecule has 19 heavy (non-hydrogen) atoms. The molecule has 4 nitrogen and oxygen atoms in total. The Kier molecular flexibility index (Phi) is 5.36. The largest absolute Gasteiger partial charge is 0.444 e. The van der Waals surface area contributed by atoms with Crippen molar-refractivity contribution in [3.63, 3.8) is 0 Å². The van der Waals surface area contributed by atoms with Crippen molar-refractivity contribution in [3.05, 3.63) is 35.9 Å². The molecule has 0 fully saturated rings. The van der Waals surface area contributed by atoms with E-state index < -0.39 is 17.8 Å². The van der Waals surface area contributed by atoms with Gasteiger partial charge in [0.05, 0.1) is 12.1 Å². The molecule has 0 spiro atoms. The molecule has 0 radical (unpaired) electrons. The SMILES string of the molecule is C[C@@H](O)C[C@H](NC(=O)OC(C)(C)C)c1ccccc1. The van der Waals surface area contributed by atoms with Gasteiger partial charge in [-0.05, 0) is 39.7 Å². The molecule has 0 heterocycles. The summed E-state index contributed by atoms with van der Waals surface area (Å²) in [7, 11) is 0. The van der Waals surface area contributed by atoms with Crippen LogP contribution in [0, 0.1) is 0 Å². The molecule has 1 aromatic rings. The fourth-order valence-electron chi connectivity index (χ4n) is 1.75. The second kappa shape index (κ2) is 6.57. The lowest BCUT2D eigenvalue weighted by molar-refractivity contribution is 0.0486. The lowest BCUT2D eigenvalue weighted by atomic mass is 10.0. The van der Waals surface area contributed by atoms with Gasteiger partial charge in [0, 0.05) is 0 Å². The van der Waals surface area contributed by atoms with Crippen LogP contribution in [-0.2, 0) is 4.74 Å². The normalized spacial score (nSPS) is 14.6. The number of hydrogen-bond donors (Lipinski definition) is 2. The maximum absolute atomic E-state index is 11.8. The Bertz CT molecular complexity index is 396. The number of aliphatic hydroxyl groups is 1. The van der Waals surface area contributed by atoms with Gasteiger partial charge < -0.3 is 15.2 Å². The first-order valence-corrected chi connectivity index (χ1v) is 6.50. The van der Waals surface area contributed by atoms with Crippen LogP contribution in [0.1, 0.15) is 45.7 Å². The lowest BCUT2D eigenvalue weighted by Gasteiger charge is -2.24. The standard InChI is InChI=1S/C15H23NO3/c1-11(17)10-13(12-8-6-5-7-9-12)16-14(18)19-15(2,3)4/h5-9,11,13,17H,10H2,1-4H3,(H,16,18)/t11-,13+/m1/s1. The Labute approximate surface area is 114 Å². The van der Waals surface area contributed by atoms with Crippen LogP contribution in [0.4, 0.5) is 4.79 Å². The average Bonchev–Trinajstić information content (AvgIpc) is 2.26. The Morgan fingerprint density at radius 2 is 1.89 bits per heavy atom. The zero-order valence-electron chi connectivity index (χ0n) is 12.0. The monoisotopic (exact) mass is 265 g/mol. The average molecular weight is 265 g/mol. The Balaban J connectivity index is 2.73. The summed E-state index contributed by atoms with van der Waals surface area (Å²) in [4.78, 5) is 11.8. The molecule has 1 rings (SSSR count). The molecular weight excluding hydrogens is 242 g/mol. The topological polar surface area (TPSA) is 58.6 Å². The fraction of sp³-hybridized carbons (Fsp3) is 0.533. The number of aliphatic hydroxyl groups excluding tert-OH is 1. The van der Waals surface area contributed by atoms with E-state index in [0.29, 0.717) is 6.42 Å². The van der Waals surface area contributed by atoms with Crippen molar-refractivity contribution in [2.24, 2.45) is 0 Å². The van der Waals surface area contributed by atoms with Gasteiger partial charge in [0.2, 0.25) is 0 Å². The fourth-order valence-corrected chi connectivity index (χ4v) is 1.75. The molecule has 0 aliphatic heterocycles. The van der Waals surface area contributed by atoms with Crippen LogP contribution >= 0.6 is 0 Å². The summed E-state index contributed by atoms with van der Waals surface area (Å²) in [5.41, 5.74) is 0.421. The predicted octanol–water partition coefficient (Wildman–Crippen LogP) is 3.02. The van der Waals surface area contributed by atoms with Crippen LogP contribution in [0.2, 0.25) is 0 Å². The van der Waals surface area contributed by atoms with Crippen molar-refractivity contribution < 1.29 is 14.6 Å². The minimum atomic E-state index is -0.532. The highest BCUT2D eigenvalue weighted by Crippen LogP contribution is 2.19. The van der Waals surface area contributed by atoms with E-state index in [0.717, 1.165) is 5.56 Å². The molecule has 0 aromatic heterocycles. The highest BCUT2D eigenvalue weighted by molar-refractivity contribution is 5.68. The molecule has 0 saturated heterocycles. The first-order valence-electron chi connectivity index (χ1n) is 6.50. The highest BCUT2D eigenvalue weighted by Gasteiger charge is 2.21. The van der Waals surface area contributed by atoms with Gasteiger partial charge in [-0.15, -0.1) is 0 Å². The first kappa shape index (κ1) is 15.5. The first-order chi connectivity index (χ1) is 8.78. The van der Waals surface area contributed by atoms with E-state index in [1.807, 2.05) is 51.1 Å². The number of ether oxygens (including phenoxy) is 1. The minimum Gasteiger partial charge on any atom is -0.444 e. The van der Waals surface area contributed by atoms with E-state index in [4.69, 9.17) is 4.74 Å². The number of alkyl carbamates (subject to hydrolysis) is 1. The molecule has 0 aliphatic carbocycles. The predicted molar refractivity (Wildman–Crippen MR) is 74.9 cm³/mol. The van der Waals surface area contributed by atoms with Crippen molar-refractivity contribution in [2.75, 3.05) is 0 Å². The van der Waals surface area contributed by atoms with Gasteiger partial charge in [0.1, 0.15) is 5.60 Å². The highest BCUT2D eigenvalue weighted by atomic mass is 16.6. The number of nitrogens with one attached hydrogen (secondary N) is 1. The number of benzene rings is 1. The summed E-state index contributed by atoms with van der Waals surface area (Å²) in [5, 5.41) is 12.3. The van der Waals surface area contributed by atoms with Crippen LogP contribution in [0.5, 0.6) is 0 Å². The van der Waals surface area contributed by atoms with E-state index in [2.05, 4.69) is 5.32 Å². The summed E-state index contributed by atoms with van der Waals surface area (Å²) >= 11 is 0. The molecule has 0 aliphatic rings. The maximum Gasteiger partial charge on any atom is 0.408 e. The number of hydrogen-bond acceptors (Lipinski definition) is 3. The minimum absolute atomic E-state index is 0.254. The van der Waals surface area contributed by atoms with Crippen molar-refractivity contribution >= 4 is 6.09 Å². The van der Waals surface area contributed by atoms with Gasteiger partial charge >= 0.3 is 6.09 Å². The van der Waals surface area contributed by atoms with Gasteiger partial charge in [0.15, 0.2) is 0 Å². The van der Waals surface area contributed by atoms with Crippen LogP contribution in [0.15, 0.2) is 30.3 Å². The smallest absolute Gasteiger partial charge is 0.408 e. The number of carbonyl (C=O) groups is 1. The van der Waals surface area contributed by atoms with Crippen LogP contribution in [-0.4, -0.2) is 22.9 Å². The van der Waals surface area contributed by atoms with Gasteiger partial charge in [-0.3, -0.25) is 0 Å². The van der Waals surface area contributed by atoms with Gasteiger partial charge in [0.25, 0.3) is 0 Å². The quantitative estimate of drug-likeness (QED) is 0.879. The Morgan fingerprint density at radius 3 is 2.37 bits per heavy atom. The van der Waals surface area contributed by atoms with Crippen molar-refractivity contribution in [1.29, 1.82) is 0 Å². The summed E-state index contributed by atoms with van der Waals surface area (Å²) < 4.78 is 5.24. The molecular formula is C15H23NO3. The Hall–Kier alpha value is -1.55. The van der Waals surface area contributed by atoms with Crippen LogP contribution in [0.3, 0.4) is 0 Å². The van der Waals surface area contributed by atoms with Gasteiger partial charge in [-0.1, -0.05) is 30.3 Å². The zero-order valence-corrected chi connectivity index (χ0v) is 12.0. The van der Waals surface area contributed by atoms with E-state index >= 15 is 0 Å². The summed E-state index contributed by atoms with van der Waals surface area (Å²) in [5.74, 6) is 0. The third-order valence-electron chi connectivity index (χ3n) is 2.47. The van der Waals surface area contributed by atoms with Crippen LogP contribution in [0.25, 0.3) is 0 Å². The molecule has 1 aromatic carbocycles. The third kappa shape index (κ3) is 6.25. The number of rotatable bonds is 4. The second-order valence-corrected chi connectivity index (χ2v) is 5.69. The van der Waals surface area contributed by atoms with E-state index in [1.165, 1.54) is 0 Å². The molecule has 1 amide bonds. The summed E-state index contributed by atoms with van der Waals surface area (Å²) in [6.45, 7) is 7.16. The molecule has 4 heteroatoms. The molecule has 0 bridgehead atoms. The van der Waals surface area contributed by atoms with Crippen molar-refractivity contribution in [3.8, 4) is 0 Å². The molecule has 0 unspecified atom stereocenters. The third-order valence-corrected chi connectivity index (χ3v) is 2.47. The Morgan fingerprint density at radius 1 is 1.32 bits per heavy atom. The number of amides is 1. The van der Waals surface area contributed by atoms with E-state index in [1.54, 1.807) is 6.92 Å². The summed E-state index contributed by atoms with van der Waals surface area (Å²) in [6.07, 6.45) is -0.523. The van der Waals surface area contributed by atoms with E-state index in [9.17, 15) is 9.90 Å². The van der Waals surface area contributed by atoms with Crippen LogP contribution < -0.4 is 5.32 Å². The number of carbonyl (C=O) groups excluding carboxylic acids is 1. The molecule has 106 valence electrons. The van der Waals surface area contributed by atoms with Crippen molar-refractivity contribution in [1.82, 2.24) is 5.32 Å². The van der Waals surface area contributed by atoms with Gasteiger partial charge in [-0.25, -0.2) is 4.79 Å². The van der Waals surface area contributed by atoms with Gasteiger partial charge in [-0.2, -0.15) is 0 Å².